The first-order valence-corrected chi connectivity index (χ1v) is 6.80. The number of carbonyl (C=O) groups is 1. The molecule has 5 heteroatoms. The smallest absolute Gasteiger partial charge is 0.307 e. The molecule has 0 fully saturated rings. The van der Waals surface area contributed by atoms with Gasteiger partial charge in [-0.3, -0.25) is 9.78 Å². The summed E-state index contributed by atoms with van der Waals surface area (Å²) in [6, 6.07) is 7.59. The highest BCUT2D eigenvalue weighted by Gasteiger charge is 2.15. The molecule has 0 bridgehead atoms. The van der Waals surface area contributed by atoms with Crippen LogP contribution in [-0.4, -0.2) is 34.6 Å². The lowest BCUT2D eigenvalue weighted by molar-refractivity contribution is -0.141. The average molecular weight is 293 g/mol. The summed E-state index contributed by atoms with van der Waals surface area (Å²) in [5, 5.41) is 10.6. The molecule has 1 heterocycles. The van der Waals surface area contributed by atoms with E-state index >= 15 is 0 Å². The first kappa shape index (κ1) is 14.8. The zero-order valence-corrected chi connectivity index (χ0v) is 12.3. The zero-order chi connectivity index (χ0) is 14.7. The number of hydrogen-bond donors (Lipinski definition) is 1. The molecule has 0 spiro atoms. The molecular formula is C15H17ClN2O2. The van der Waals surface area contributed by atoms with Crippen molar-refractivity contribution in [3.63, 3.8) is 0 Å². The van der Waals surface area contributed by atoms with Gasteiger partial charge in [-0.15, -0.1) is 0 Å². The summed E-state index contributed by atoms with van der Waals surface area (Å²) in [6.07, 6.45) is 1.74. The number of nitrogens with zero attached hydrogens (tertiary/aromatic N) is 2. The number of rotatable bonds is 5. The van der Waals surface area contributed by atoms with Crippen molar-refractivity contribution in [1.82, 2.24) is 9.88 Å². The molecule has 1 N–H and O–H groups in total. The van der Waals surface area contributed by atoms with Crippen LogP contribution in [0.1, 0.15) is 12.5 Å². The number of carboxylic acid groups (broad SMARTS) is 1. The Balaban J connectivity index is 2.22. The van der Waals surface area contributed by atoms with Gasteiger partial charge in [0.05, 0.1) is 11.4 Å². The van der Waals surface area contributed by atoms with Gasteiger partial charge in [0.15, 0.2) is 0 Å². The van der Waals surface area contributed by atoms with Gasteiger partial charge in [0, 0.05) is 29.7 Å². The second kappa shape index (κ2) is 6.20. The van der Waals surface area contributed by atoms with Crippen LogP contribution < -0.4 is 0 Å². The van der Waals surface area contributed by atoms with Crippen molar-refractivity contribution in [2.75, 3.05) is 13.6 Å². The van der Waals surface area contributed by atoms with Gasteiger partial charge in [-0.25, -0.2) is 0 Å². The van der Waals surface area contributed by atoms with Gasteiger partial charge in [-0.2, -0.15) is 0 Å². The minimum atomic E-state index is -0.782. The molecule has 2 aromatic rings. The van der Waals surface area contributed by atoms with E-state index in [1.54, 1.807) is 13.1 Å². The molecule has 0 aliphatic heterocycles. The van der Waals surface area contributed by atoms with Crippen molar-refractivity contribution in [2.24, 2.45) is 5.92 Å². The maximum Gasteiger partial charge on any atom is 0.307 e. The fraction of sp³-hybridized carbons (Fsp3) is 0.333. The Hall–Kier alpha value is -1.65. The summed E-state index contributed by atoms with van der Waals surface area (Å²) in [7, 11) is 1.91. The molecule has 0 amide bonds. The highest BCUT2D eigenvalue weighted by atomic mass is 35.5. The number of aromatic nitrogens is 1. The number of hydrogen-bond acceptors (Lipinski definition) is 3. The van der Waals surface area contributed by atoms with Crippen molar-refractivity contribution in [3.8, 4) is 0 Å². The largest absolute Gasteiger partial charge is 0.481 e. The van der Waals surface area contributed by atoms with Crippen molar-refractivity contribution >= 4 is 28.5 Å². The van der Waals surface area contributed by atoms with Crippen LogP contribution in [0.2, 0.25) is 5.02 Å². The zero-order valence-electron chi connectivity index (χ0n) is 11.5. The lowest BCUT2D eigenvalue weighted by Gasteiger charge is -2.19. The van der Waals surface area contributed by atoms with E-state index < -0.39 is 11.9 Å². The van der Waals surface area contributed by atoms with Gasteiger partial charge >= 0.3 is 5.97 Å². The van der Waals surface area contributed by atoms with Gasteiger partial charge in [0.2, 0.25) is 0 Å². The van der Waals surface area contributed by atoms with E-state index in [2.05, 4.69) is 4.98 Å². The number of benzene rings is 1. The van der Waals surface area contributed by atoms with Gasteiger partial charge in [-0.05, 0) is 30.8 Å². The maximum absolute atomic E-state index is 10.9. The molecular weight excluding hydrogens is 276 g/mol. The molecule has 0 aliphatic carbocycles. The summed E-state index contributed by atoms with van der Waals surface area (Å²) in [4.78, 5) is 17.3. The Morgan fingerprint density at radius 2 is 2.20 bits per heavy atom. The van der Waals surface area contributed by atoms with Crippen molar-refractivity contribution in [1.29, 1.82) is 0 Å². The quantitative estimate of drug-likeness (QED) is 0.920. The van der Waals surface area contributed by atoms with Gasteiger partial charge < -0.3 is 10.0 Å². The number of pyridine rings is 1. The normalized spacial score (nSPS) is 12.8. The summed E-state index contributed by atoms with van der Waals surface area (Å²) in [5.41, 5.74) is 1.92. The Labute approximate surface area is 123 Å². The molecule has 2 rings (SSSR count). The minimum Gasteiger partial charge on any atom is -0.481 e. The molecule has 4 nitrogen and oxygen atoms in total. The van der Waals surface area contributed by atoms with Crippen LogP contribution in [-0.2, 0) is 11.3 Å². The molecule has 1 atom stereocenters. The topological polar surface area (TPSA) is 53.4 Å². The van der Waals surface area contributed by atoms with E-state index in [-0.39, 0.29) is 0 Å². The molecule has 106 valence electrons. The average Bonchev–Trinajstić information content (AvgIpc) is 2.42. The van der Waals surface area contributed by atoms with E-state index in [4.69, 9.17) is 16.7 Å². The van der Waals surface area contributed by atoms with Crippen LogP contribution in [0.3, 0.4) is 0 Å². The van der Waals surface area contributed by atoms with Crippen molar-refractivity contribution in [3.05, 3.63) is 41.0 Å². The van der Waals surface area contributed by atoms with Crippen LogP contribution >= 0.6 is 11.6 Å². The second-order valence-corrected chi connectivity index (χ2v) is 5.45. The number of halogens is 1. The predicted octanol–water partition coefficient (Wildman–Crippen LogP) is 3.04. The minimum absolute atomic E-state index is 0.397. The summed E-state index contributed by atoms with van der Waals surface area (Å²) in [6.45, 7) is 2.84. The van der Waals surface area contributed by atoms with E-state index in [0.29, 0.717) is 18.1 Å². The fourth-order valence-corrected chi connectivity index (χ4v) is 2.44. The Morgan fingerprint density at radius 1 is 1.45 bits per heavy atom. The summed E-state index contributed by atoms with van der Waals surface area (Å²) >= 11 is 6.16. The van der Waals surface area contributed by atoms with Gasteiger partial charge in [0.1, 0.15) is 0 Å². The SMILES string of the molecule is CC(CN(C)Cc1ccc(Cl)c2cccnc12)C(=O)O. The standard InChI is InChI=1S/C15H17ClN2O2/c1-10(15(19)20)8-18(2)9-11-5-6-13(16)12-4-3-7-17-14(11)12/h3-7,10H,8-9H2,1-2H3,(H,19,20). The van der Waals surface area contributed by atoms with E-state index in [0.717, 1.165) is 16.5 Å². The molecule has 1 aromatic heterocycles. The Bertz CT molecular complexity index is 630. The Morgan fingerprint density at radius 3 is 2.90 bits per heavy atom. The van der Waals surface area contributed by atoms with Crippen LogP contribution in [0.15, 0.2) is 30.5 Å². The van der Waals surface area contributed by atoms with Crippen molar-refractivity contribution < 1.29 is 9.90 Å². The third-order valence-electron chi connectivity index (χ3n) is 3.25. The molecule has 0 saturated heterocycles. The van der Waals surface area contributed by atoms with E-state index in [1.165, 1.54) is 0 Å². The first-order chi connectivity index (χ1) is 9.49. The third kappa shape index (κ3) is 3.26. The monoisotopic (exact) mass is 292 g/mol. The molecule has 0 saturated carbocycles. The molecule has 20 heavy (non-hydrogen) atoms. The number of fused-ring (bicyclic) bond motifs is 1. The molecule has 1 aromatic carbocycles. The van der Waals surface area contributed by atoms with Gasteiger partial charge in [-0.1, -0.05) is 24.6 Å². The van der Waals surface area contributed by atoms with E-state index in [9.17, 15) is 4.79 Å². The van der Waals surface area contributed by atoms with Crippen LogP contribution in [0.25, 0.3) is 10.9 Å². The summed E-state index contributed by atoms with van der Waals surface area (Å²) < 4.78 is 0. The van der Waals surface area contributed by atoms with Crippen LogP contribution in [0.5, 0.6) is 0 Å². The molecule has 0 radical (unpaired) electrons. The number of carboxylic acids is 1. The lowest BCUT2D eigenvalue weighted by atomic mass is 10.1. The van der Waals surface area contributed by atoms with Crippen molar-refractivity contribution in [2.45, 2.75) is 13.5 Å². The third-order valence-corrected chi connectivity index (χ3v) is 3.58. The second-order valence-electron chi connectivity index (χ2n) is 5.04. The highest BCUT2D eigenvalue weighted by molar-refractivity contribution is 6.35. The van der Waals surface area contributed by atoms with Crippen LogP contribution in [0.4, 0.5) is 0 Å². The van der Waals surface area contributed by atoms with Crippen LogP contribution in [0, 0.1) is 5.92 Å². The van der Waals surface area contributed by atoms with E-state index in [1.807, 2.05) is 36.2 Å². The fourth-order valence-electron chi connectivity index (χ4n) is 2.22. The lowest BCUT2D eigenvalue weighted by Crippen LogP contribution is -2.28. The molecule has 0 aliphatic rings. The highest BCUT2D eigenvalue weighted by Crippen LogP contribution is 2.25. The maximum atomic E-state index is 10.9. The molecule has 1 unspecified atom stereocenters. The summed E-state index contributed by atoms with van der Waals surface area (Å²) in [5.74, 6) is -1.18. The van der Waals surface area contributed by atoms with Gasteiger partial charge in [0.25, 0.3) is 0 Å². The predicted molar refractivity (Wildman–Crippen MR) is 79.9 cm³/mol. The number of aliphatic carboxylic acids is 1. The first-order valence-electron chi connectivity index (χ1n) is 6.42. The Kier molecular flexibility index (Phi) is 4.57.